The number of sulfonamides is 1. The van der Waals surface area contributed by atoms with Gasteiger partial charge in [0.25, 0.3) is 11.8 Å². The first-order valence-electron chi connectivity index (χ1n) is 11.2. The number of hydrogen-bond donors (Lipinski definition) is 1. The van der Waals surface area contributed by atoms with Crippen molar-refractivity contribution < 1.29 is 18.0 Å². The average Bonchev–Trinajstić information content (AvgIpc) is 3.35. The molecule has 32 heavy (non-hydrogen) atoms. The van der Waals surface area contributed by atoms with E-state index in [1.165, 1.54) is 10.4 Å². The Morgan fingerprint density at radius 1 is 0.875 bits per heavy atom. The number of carbonyl (C=O) groups excluding carboxylic acids is 2. The largest absolute Gasteiger partial charge is 0.339 e. The van der Waals surface area contributed by atoms with Crippen LogP contribution in [0.5, 0.6) is 0 Å². The highest BCUT2D eigenvalue weighted by Crippen LogP contribution is 2.26. The van der Waals surface area contributed by atoms with Crippen LogP contribution in [-0.2, 0) is 10.0 Å². The molecule has 2 aliphatic rings. The van der Waals surface area contributed by atoms with E-state index >= 15 is 0 Å². The Hall–Kier alpha value is -2.71. The summed E-state index contributed by atoms with van der Waals surface area (Å²) in [5.41, 5.74) is 1.72. The molecule has 0 aliphatic carbocycles. The summed E-state index contributed by atoms with van der Waals surface area (Å²) in [6, 6.07) is 11.7. The van der Waals surface area contributed by atoms with E-state index in [4.69, 9.17) is 0 Å². The number of aryl methyl sites for hydroxylation is 1. The predicted molar refractivity (Wildman–Crippen MR) is 123 cm³/mol. The lowest BCUT2D eigenvalue weighted by atomic mass is 10.1. The summed E-state index contributed by atoms with van der Waals surface area (Å²) < 4.78 is 27.9. The molecule has 1 N–H and O–H groups in total. The number of nitrogens with one attached hydrogen (secondary N) is 1. The van der Waals surface area contributed by atoms with Crippen molar-refractivity contribution in [2.45, 2.75) is 43.9 Å². The number of likely N-dealkylation sites (tertiary alicyclic amines) is 1. The zero-order chi connectivity index (χ0) is 22.7. The van der Waals surface area contributed by atoms with Crippen molar-refractivity contribution in [1.82, 2.24) is 9.21 Å². The molecule has 2 saturated heterocycles. The molecule has 2 amide bonds. The van der Waals surface area contributed by atoms with Gasteiger partial charge in [-0.15, -0.1) is 0 Å². The number of hydrogen-bond acceptors (Lipinski definition) is 4. The first-order valence-corrected chi connectivity index (χ1v) is 12.6. The Morgan fingerprint density at radius 2 is 1.53 bits per heavy atom. The third-order valence-electron chi connectivity index (χ3n) is 6.18. The van der Waals surface area contributed by atoms with Crippen LogP contribution in [0.1, 0.15) is 58.4 Å². The Kier molecular flexibility index (Phi) is 6.62. The second kappa shape index (κ2) is 9.42. The van der Waals surface area contributed by atoms with Crippen LogP contribution in [0.2, 0.25) is 0 Å². The van der Waals surface area contributed by atoms with Gasteiger partial charge in [-0.25, -0.2) is 8.42 Å². The first-order chi connectivity index (χ1) is 15.4. The fourth-order valence-electron chi connectivity index (χ4n) is 4.33. The minimum Gasteiger partial charge on any atom is -0.339 e. The van der Waals surface area contributed by atoms with Gasteiger partial charge >= 0.3 is 0 Å². The average molecular weight is 456 g/mol. The summed E-state index contributed by atoms with van der Waals surface area (Å²) in [7, 11) is -3.66. The van der Waals surface area contributed by atoms with E-state index in [0.717, 1.165) is 45.2 Å². The summed E-state index contributed by atoms with van der Waals surface area (Å²) in [6.07, 6.45) is 4.69. The van der Waals surface area contributed by atoms with E-state index in [1.54, 1.807) is 48.2 Å². The third kappa shape index (κ3) is 4.56. The number of benzene rings is 2. The maximum Gasteiger partial charge on any atom is 0.255 e. The molecule has 0 atom stereocenters. The molecular formula is C24H29N3O4S. The Bertz CT molecular complexity index is 1120. The summed E-state index contributed by atoms with van der Waals surface area (Å²) in [6.45, 7) is 4.19. The van der Waals surface area contributed by atoms with Gasteiger partial charge in [0.1, 0.15) is 0 Å². The number of nitrogens with zero attached hydrogens (tertiary/aromatic N) is 2. The maximum absolute atomic E-state index is 13.2. The summed E-state index contributed by atoms with van der Waals surface area (Å²) >= 11 is 0. The number of para-hydroxylation sites is 1. The first kappa shape index (κ1) is 22.5. The van der Waals surface area contributed by atoms with Gasteiger partial charge < -0.3 is 10.2 Å². The van der Waals surface area contributed by atoms with Crippen molar-refractivity contribution in [3.05, 3.63) is 59.2 Å². The zero-order valence-corrected chi connectivity index (χ0v) is 19.2. The van der Waals surface area contributed by atoms with Crippen LogP contribution in [0.4, 0.5) is 5.69 Å². The van der Waals surface area contributed by atoms with Crippen LogP contribution in [0.15, 0.2) is 47.4 Å². The van der Waals surface area contributed by atoms with Crippen molar-refractivity contribution in [2.75, 3.05) is 31.5 Å². The number of anilines is 1. The zero-order valence-electron chi connectivity index (χ0n) is 18.3. The molecule has 8 heteroatoms. The number of rotatable bonds is 5. The fraction of sp³-hybridized carbons (Fsp3) is 0.417. The summed E-state index contributed by atoms with van der Waals surface area (Å²) in [5.74, 6) is -0.544. The van der Waals surface area contributed by atoms with Crippen LogP contribution >= 0.6 is 0 Å². The van der Waals surface area contributed by atoms with Crippen LogP contribution in [0.25, 0.3) is 0 Å². The van der Waals surface area contributed by atoms with Crippen molar-refractivity contribution in [3.8, 4) is 0 Å². The second-order valence-electron chi connectivity index (χ2n) is 8.44. The number of amides is 2. The molecule has 2 aromatic rings. The lowest BCUT2D eigenvalue weighted by Gasteiger charge is -2.26. The molecule has 2 heterocycles. The molecular weight excluding hydrogens is 426 g/mol. The molecule has 7 nitrogen and oxygen atoms in total. The van der Waals surface area contributed by atoms with Crippen LogP contribution < -0.4 is 5.32 Å². The van der Waals surface area contributed by atoms with Gasteiger partial charge in [-0.3, -0.25) is 9.59 Å². The summed E-state index contributed by atoms with van der Waals surface area (Å²) in [5, 5.41) is 2.81. The van der Waals surface area contributed by atoms with Crippen molar-refractivity contribution in [2.24, 2.45) is 0 Å². The van der Waals surface area contributed by atoms with Gasteiger partial charge in [-0.2, -0.15) is 4.31 Å². The highest BCUT2D eigenvalue weighted by atomic mass is 32.2. The topological polar surface area (TPSA) is 86.8 Å². The second-order valence-corrected chi connectivity index (χ2v) is 10.4. The molecule has 0 bridgehead atoms. The van der Waals surface area contributed by atoms with Gasteiger partial charge in [-0.1, -0.05) is 24.6 Å². The molecule has 2 fully saturated rings. The number of carbonyl (C=O) groups is 2. The predicted octanol–water partition coefficient (Wildman–Crippen LogP) is 3.66. The molecule has 0 spiro atoms. The quantitative estimate of drug-likeness (QED) is 0.746. The van der Waals surface area contributed by atoms with E-state index in [1.807, 2.05) is 0 Å². The standard InChI is InChI=1S/C24H29N3O4S/c1-18-11-12-19(17-22(18)32(30,31)27-15-5-2-6-16-27)23(28)25-21-10-4-3-9-20(21)24(29)26-13-7-8-14-26/h3-4,9-12,17H,2,5-8,13-16H2,1H3,(H,25,28). The highest BCUT2D eigenvalue weighted by Gasteiger charge is 2.28. The van der Waals surface area contributed by atoms with Gasteiger partial charge in [0, 0.05) is 31.7 Å². The van der Waals surface area contributed by atoms with Crippen LogP contribution in [0, 0.1) is 6.92 Å². The van der Waals surface area contributed by atoms with E-state index in [2.05, 4.69) is 5.32 Å². The molecule has 0 unspecified atom stereocenters. The fourth-order valence-corrected chi connectivity index (χ4v) is 6.10. The molecule has 2 aliphatic heterocycles. The Balaban J connectivity index is 1.59. The number of piperidine rings is 1. The van der Waals surface area contributed by atoms with E-state index in [-0.39, 0.29) is 16.4 Å². The van der Waals surface area contributed by atoms with E-state index in [9.17, 15) is 18.0 Å². The monoisotopic (exact) mass is 455 g/mol. The minimum absolute atomic E-state index is 0.101. The molecule has 170 valence electrons. The van der Waals surface area contributed by atoms with Crippen molar-refractivity contribution in [1.29, 1.82) is 0 Å². The van der Waals surface area contributed by atoms with Crippen molar-refractivity contribution >= 4 is 27.5 Å². The Morgan fingerprint density at radius 3 is 2.25 bits per heavy atom. The summed E-state index contributed by atoms with van der Waals surface area (Å²) in [4.78, 5) is 27.9. The lowest BCUT2D eigenvalue weighted by molar-refractivity contribution is 0.0794. The highest BCUT2D eigenvalue weighted by molar-refractivity contribution is 7.89. The minimum atomic E-state index is -3.66. The maximum atomic E-state index is 13.2. The molecule has 4 rings (SSSR count). The van der Waals surface area contributed by atoms with Gasteiger partial charge in [0.05, 0.1) is 16.1 Å². The Labute approximate surface area is 189 Å². The molecule has 0 aromatic heterocycles. The van der Waals surface area contributed by atoms with Crippen molar-refractivity contribution in [3.63, 3.8) is 0 Å². The van der Waals surface area contributed by atoms with Gasteiger partial charge in [0.2, 0.25) is 10.0 Å². The molecule has 0 saturated carbocycles. The SMILES string of the molecule is Cc1ccc(C(=O)Nc2ccccc2C(=O)N2CCCC2)cc1S(=O)(=O)N1CCCCC1. The smallest absolute Gasteiger partial charge is 0.255 e. The van der Waals surface area contributed by atoms with Gasteiger partial charge in [-0.05, 0) is 62.4 Å². The van der Waals surface area contributed by atoms with Crippen LogP contribution in [0.3, 0.4) is 0 Å². The molecule has 0 radical (unpaired) electrons. The third-order valence-corrected chi connectivity index (χ3v) is 8.22. The van der Waals surface area contributed by atoms with E-state index < -0.39 is 15.9 Å². The van der Waals surface area contributed by atoms with E-state index in [0.29, 0.717) is 29.9 Å². The van der Waals surface area contributed by atoms with Gasteiger partial charge in [0.15, 0.2) is 0 Å². The normalized spacial score (nSPS) is 17.3. The molecule has 2 aromatic carbocycles. The lowest BCUT2D eigenvalue weighted by Crippen LogP contribution is -2.36. The van der Waals surface area contributed by atoms with Crippen LogP contribution in [-0.4, -0.2) is 55.6 Å².